The number of carboxylic acid groups (broad SMARTS) is 1. The van der Waals surface area contributed by atoms with Crippen molar-refractivity contribution in [1.82, 2.24) is 39.2 Å². The molecule has 6 N–H and O–H groups in total. The zero-order chi connectivity index (χ0) is 49.8. The lowest BCUT2D eigenvalue weighted by molar-refractivity contribution is 0.0295. The molecule has 2 aliphatic heterocycles. The highest BCUT2D eigenvalue weighted by molar-refractivity contribution is 7.90. The fourth-order valence-electron chi connectivity index (χ4n) is 7.01. The van der Waals surface area contributed by atoms with Gasteiger partial charge in [-0.3, -0.25) is 14.2 Å². The standard InChI is InChI=1S/C22H31N5O5S.C18H24N4O5S.C4H9NO/c1-14(2)16-7-6-8-17(15(3)4)20(16)23-22(29)25-33(30,31)19-13-18(26(5)24-19)21(28)27-9-11-32-12-10-27;1-10(2)12-7-6-8-13(11(3)4)16(12)19-18(25)21-28(26,27)15-9-14(17(23)24)22(5)20-15;1-3-6-4-2-5-1/h6-8,13-15H,9-12H2,1-5H3,(H2,23,25,29);6-11H,1-5H3,(H,23,24)(H2,19,21,25);5H,1-4H2. The van der Waals surface area contributed by atoms with Gasteiger partial charge in [-0.05, 0) is 45.9 Å². The Bertz CT molecular complexity index is 2530. The van der Waals surface area contributed by atoms with Gasteiger partial charge in [-0.2, -0.15) is 27.0 Å². The first-order chi connectivity index (χ1) is 31.4. The molecule has 2 aliphatic rings. The van der Waals surface area contributed by atoms with E-state index in [2.05, 4.69) is 26.1 Å². The number of para-hydroxylation sites is 2. The Kier molecular flexibility index (Phi) is 19.0. The quantitative estimate of drug-likeness (QED) is 0.107. The number of urea groups is 2. The molecule has 368 valence electrons. The smallest absolute Gasteiger partial charge is 0.354 e. The second kappa shape index (κ2) is 23.7. The second-order valence-electron chi connectivity index (χ2n) is 16.9. The minimum atomic E-state index is -4.34. The third kappa shape index (κ3) is 14.6. The van der Waals surface area contributed by atoms with E-state index >= 15 is 0 Å². The number of anilines is 2. The van der Waals surface area contributed by atoms with Gasteiger partial charge < -0.3 is 35.4 Å². The minimum Gasteiger partial charge on any atom is -0.477 e. The Labute approximate surface area is 392 Å². The number of aryl methyl sites for hydroxylation is 2. The van der Waals surface area contributed by atoms with Crippen LogP contribution in [0.3, 0.4) is 0 Å². The predicted molar refractivity (Wildman–Crippen MR) is 252 cm³/mol. The molecule has 2 saturated heterocycles. The second-order valence-corrected chi connectivity index (χ2v) is 20.2. The molecule has 0 bridgehead atoms. The van der Waals surface area contributed by atoms with E-state index in [0.29, 0.717) is 37.7 Å². The van der Waals surface area contributed by atoms with Crippen molar-refractivity contribution in [2.24, 2.45) is 14.1 Å². The van der Waals surface area contributed by atoms with E-state index in [4.69, 9.17) is 14.6 Å². The molecule has 23 heteroatoms. The molecule has 4 heterocycles. The van der Waals surface area contributed by atoms with Crippen molar-refractivity contribution in [2.45, 2.75) is 89.1 Å². The average Bonchev–Trinajstić information content (AvgIpc) is 3.88. The van der Waals surface area contributed by atoms with Gasteiger partial charge in [0.25, 0.3) is 26.0 Å². The molecule has 0 radical (unpaired) electrons. The number of benzene rings is 2. The van der Waals surface area contributed by atoms with E-state index in [1.807, 2.05) is 101 Å². The molecule has 0 unspecified atom stereocenters. The third-order valence-electron chi connectivity index (χ3n) is 10.5. The Morgan fingerprint density at radius 1 is 0.612 bits per heavy atom. The van der Waals surface area contributed by atoms with Gasteiger partial charge in [0, 0.05) is 63.8 Å². The molecule has 0 atom stereocenters. The maximum Gasteiger partial charge on any atom is 0.354 e. The largest absolute Gasteiger partial charge is 0.477 e. The van der Waals surface area contributed by atoms with Crippen LogP contribution in [0.4, 0.5) is 21.0 Å². The highest BCUT2D eigenvalue weighted by Crippen LogP contribution is 2.33. The van der Waals surface area contributed by atoms with Crippen LogP contribution in [0.2, 0.25) is 0 Å². The highest BCUT2D eigenvalue weighted by atomic mass is 32.2. The first-order valence-electron chi connectivity index (χ1n) is 21.8. The Hall–Kier alpha value is -5.88. The number of amides is 5. The van der Waals surface area contributed by atoms with E-state index in [9.17, 15) is 36.0 Å². The molecule has 4 aromatic rings. The van der Waals surface area contributed by atoms with Gasteiger partial charge >= 0.3 is 18.0 Å². The summed E-state index contributed by atoms with van der Waals surface area (Å²) in [5.41, 5.74) is 4.54. The number of carboxylic acids is 1. The van der Waals surface area contributed by atoms with Gasteiger partial charge in [0.2, 0.25) is 0 Å². The predicted octanol–water partition coefficient (Wildman–Crippen LogP) is 5.13. The van der Waals surface area contributed by atoms with Gasteiger partial charge in [0.15, 0.2) is 10.1 Å². The molecule has 67 heavy (non-hydrogen) atoms. The van der Waals surface area contributed by atoms with Gasteiger partial charge in [0.1, 0.15) is 11.4 Å². The van der Waals surface area contributed by atoms with Crippen molar-refractivity contribution in [3.8, 4) is 0 Å². The summed E-state index contributed by atoms with van der Waals surface area (Å²) in [6.07, 6.45) is 0. The summed E-state index contributed by atoms with van der Waals surface area (Å²) in [7, 11) is -5.85. The van der Waals surface area contributed by atoms with E-state index in [-0.39, 0.29) is 41.0 Å². The number of ether oxygens (including phenoxy) is 2. The Morgan fingerprint density at radius 2 is 0.970 bits per heavy atom. The average molecular weight is 973 g/mol. The molecule has 2 fully saturated rings. The Morgan fingerprint density at radius 3 is 1.28 bits per heavy atom. The van der Waals surface area contributed by atoms with Gasteiger partial charge in [-0.1, -0.05) is 91.8 Å². The van der Waals surface area contributed by atoms with E-state index in [1.165, 1.54) is 24.8 Å². The third-order valence-corrected chi connectivity index (χ3v) is 12.9. The van der Waals surface area contributed by atoms with E-state index in [1.54, 1.807) is 4.90 Å². The highest BCUT2D eigenvalue weighted by Gasteiger charge is 2.29. The number of carbonyl (C=O) groups is 4. The number of hydrogen-bond donors (Lipinski definition) is 6. The van der Waals surface area contributed by atoms with E-state index in [0.717, 1.165) is 59.3 Å². The van der Waals surface area contributed by atoms with Crippen molar-refractivity contribution >= 4 is 55.4 Å². The van der Waals surface area contributed by atoms with Crippen LogP contribution in [0.1, 0.15) is 122 Å². The summed E-state index contributed by atoms with van der Waals surface area (Å²) in [5.74, 6) is -1.20. The van der Waals surface area contributed by atoms with Gasteiger partial charge in [-0.15, -0.1) is 0 Å². The molecular weight excluding hydrogens is 909 g/mol. The normalized spacial score (nSPS) is 14.2. The van der Waals surface area contributed by atoms with Gasteiger partial charge in [-0.25, -0.2) is 23.8 Å². The minimum absolute atomic E-state index is 0.111. The van der Waals surface area contributed by atoms with Crippen LogP contribution in [-0.4, -0.2) is 123 Å². The molecule has 0 aliphatic carbocycles. The first-order valence-corrected chi connectivity index (χ1v) is 24.8. The summed E-state index contributed by atoms with van der Waals surface area (Å²) in [6.45, 7) is 21.4. The van der Waals surface area contributed by atoms with Gasteiger partial charge in [0.05, 0.1) is 26.4 Å². The number of morpholine rings is 2. The number of sulfonamides is 2. The summed E-state index contributed by atoms with van der Waals surface area (Å²) in [4.78, 5) is 50.5. The van der Waals surface area contributed by atoms with Crippen molar-refractivity contribution in [1.29, 1.82) is 0 Å². The number of nitrogens with zero attached hydrogens (tertiary/aromatic N) is 5. The van der Waals surface area contributed by atoms with Crippen LogP contribution < -0.4 is 25.4 Å². The van der Waals surface area contributed by atoms with Crippen molar-refractivity contribution in [2.75, 3.05) is 63.2 Å². The summed E-state index contributed by atoms with van der Waals surface area (Å²) >= 11 is 0. The number of carbonyl (C=O) groups excluding carboxylic acids is 3. The first kappa shape index (κ1) is 53.7. The molecule has 2 aromatic carbocycles. The molecule has 0 saturated carbocycles. The Balaban J connectivity index is 0.000000262. The number of rotatable bonds is 12. The van der Waals surface area contributed by atoms with Crippen LogP contribution in [0.25, 0.3) is 0 Å². The molecule has 21 nitrogen and oxygen atoms in total. The number of nitrogens with one attached hydrogen (secondary N) is 5. The fraction of sp³-hybridized carbons (Fsp3) is 0.500. The lowest BCUT2D eigenvalue weighted by Gasteiger charge is -2.26. The lowest BCUT2D eigenvalue weighted by atomic mass is 9.93. The maximum absolute atomic E-state index is 12.8. The van der Waals surface area contributed by atoms with Crippen molar-refractivity contribution in [3.05, 3.63) is 82.2 Å². The molecule has 5 amide bonds. The number of hydrogen-bond acceptors (Lipinski definition) is 13. The summed E-state index contributed by atoms with van der Waals surface area (Å²) in [6, 6.07) is 11.6. The van der Waals surface area contributed by atoms with Crippen LogP contribution in [0.15, 0.2) is 58.6 Å². The van der Waals surface area contributed by atoms with E-state index < -0.39 is 48.1 Å². The SMILES string of the molecule is C1COCCN1.CC(C)c1cccc(C(C)C)c1NC(=O)NS(=O)(=O)c1cc(C(=O)N2CCOCC2)n(C)n1.CC(C)c1cccc(C(C)C)c1NC(=O)NS(=O)(=O)c1cc(C(=O)O)n(C)n1. The lowest BCUT2D eigenvalue weighted by Crippen LogP contribution is -2.41. The fourth-order valence-corrected chi connectivity index (χ4v) is 8.80. The molecule has 0 spiro atoms. The number of aromatic nitrogens is 4. The van der Waals surface area contributed by atoms with Crippen LogP contribution in [-0.2, 0) is 43.6 Å². The van der Waals surface area contributed by atoms with Crippen LogP contribution in [0.5, 0.6) is 0 Å². The topological polar surface area (TPSA) is 274 Å². The molecule has 6 rings (SSSR count). The molecule has 2 aromatic heterocycles. The van der Waals surface area contributed by atoms with Crippen molar-refractivity contribution in [3.63, 3.8) is 0 Å². The maximum atomic E-state index is 12.8. The summed E-state index contributed by atoms with van der Waals surface area (Å²) < 4.78 is 66.8. The van der Waals surface area contributed by atoms with Crippen LogP contribution >= 0.6 is 0 Å². The zero-order valence-corrected chi connectivity index (χ0v) is 41.3. The monoisotopic (exact) mass is 972 g/mol. The zero-order valence-electron chi connectivity index (χ0n) is 39.7. The summed E-state index contributed by atoms with van der Waals surface area (Å²) in [5, 5.41) is 24.2. The van der Waals surface area contributed by atoms with Crippen LogP contribution in [0, 0.1) is 0 Å². The van der Waals surface area contributed by atoms with Crippen molar-refractivity contribution < 1.29 is 50.6 Å². The molecular formula is C44H64N10O11S2. The number of aromatic carboxylic acids is 1.